The van der Waals surface area contributed by atoms with E-state index in [9.17, 15) is 8.42 Å². The fourth-order valence-electron chi connectivity index (χ4n) is 1.75. The third-order valence-electron chi connectivity index (χ3n) is 2.55. The van der Waals surface area contributed by atoms with Crippen LogP contribution in [0.15, 0.2) is 42.5 Å². The Labute approximate surface area is 124 Å². The highest BCUT2D eigenvalue weighted by atomic mass is 32.2. The lowest BCUT2D eigenvalue weighted by molar-refractivity contribution is 0.555. The lowest BCUT2D eigenvalue weighted by atomic mass is 10.2. The standard InChI is InChI=1S/C14H18N2O2S2/c1-11(2)16-20(17,18)15-10-13-8-9-14(19-13)12-6-4-3-5-7-12/h3-9,11,15-16H,10H2,1-2H3. The van der Waals surface area contributed by atoms with Gasteiger partial charge in [0.15, 0.2) is 0 Å². The molecule has 0 aliphatic carbocycles. The summed E-state index contributed by atoms with van der Waals surface area (Å²) in [4.78, 5) is 2.12. The zero-order valence-electron chi connectivity index (χ0n) is 11.5. The molecule has 1 aromatic carbocycles. The lowest BCUT2D eigenvalue weighted by Gasteiger charge is -2.09. The minimum absolute atomic E-state index is 0.115. The molecule has 2 N–H and O–H groups in total. The van der Waals surface area contributed by atoms with Crippen molar-refractivity contribution in [2.45, 2.75) is 26.4 Å². The summed E-state index contributed by atoms with van der Waals surface area (Å²) in [6.07, 6.45) is 0. The van der Waals surface area contributed by atoms with Gasteiger partial charge in [-0.05, 0) is 31.5 Å². The van der Waals surface area contributed by atoms with Crippen LogP contribution in [0.1, 0.15) is 18.7 Å². The molecule has 6 heteroatoms. The summed E-state index contributed by atoms with van der Waals surface area (Å²) in [5.41, 5.74) is 1.15. The second-order valence-corrected chi connectivity index (χ2v) is 7.43. The number of hydrogen-bond acceptors (Lipinski definition) is 3. The molecule has 20 heavy (non-hydrogen) atoms. The van der Waals surface area contributed by atoms with Gasteiger partial charge in [-0.2, -0.15) is 17.9 Å². The fourth-order valence-corrected chi connectivity index (χ4v) is 3.84. The van der Waals surface area contributed by atoms with Crippen LogP contribution in [-0.2, 0) is 16.8 Å². The van der Waals surface area contributed by atoms with E-state index < -0.39 is 10.2 Å². The van der Waals surface area contributed by atoms with E-state index in [4.69, 9.17) is 0 Å². The van der Waals surface area contributed by atoms with Crippen molar-refractivity contribution in [3.05, 3.63) is 47.3 Å². The first-order valence-electron chi connectivity index (χ1n) is 6.37. The predicted molar refractivity (Wildman–Crippen MR) is 83.8 cm³/mol. The van der Waals surface area contributed by atoms with Crippen LogP contribution in [0.4, 0.5) is 0 Å². The third kappa shape index (κ3) is 4.42. The summed E-state index contributed by atoms with van der Waals surface area (Å²) in [7, 11) is -3.43. The van der Waals surface area contributed by atoms with E-state index in [1.807, 2.05) is 42.5 Å². The van der Waals surface area contributed by atoms with Crippen LogP contribution in [0.3, 0.4) is 0 Å². The van der Waals surface area contributed by atoms with E-state index in [0.717, 1.165) is 15.3 Å². The summed E-state index contributed by atoms with van der Waals surface area (Å²) < 4.78 is 28.4. The van der Waals surface area contributed by atoms with E-state index in [2.05, 4.69) is 9.44 Å². The smallest absolute Gasteiger partial charge is 0.200 e. The van der Waals surface area contributed by atoms with Crippen molar-refractivity contribution in [3.8, 4) is 10.4 Å². The summed E-state index contributed by atoms with van der Waals surface area (Å²) in [6.45, 7) is 3.88. The van der Waals surface area contributed by atoms with Crippen LogP contribution in [0, 0.1) is 0 Å². The zero-order chi connectivity index (χ0) is 14.6. The van der Waals surface area contributed by atoms with Crippen molar-refractivity contribution in [2.75, 3.05) is 0 Å². The van der Waals surface area contributed by atoms with Gasteiger partial charge in [-0.15, -0.1) is 11.3 Å². The van der Waals surface area contributed by atoms with Crippen LogP contribution in [0.2, 0.25) is 0 Å². The van der Waals surface area contributed by atoms with Gasteiger partial charge in [-0.1, -0.05) is 30.3 Å². The monoisotopic (exact) mass is 310 g/mol. The Morgan fingerprint density at radius 2 is 1.80 bits per heavy atom. The molecule has 1 heterocycles. The van der Waals surface area contributed by atoms with Gasteiger partial charge in [0.1, 0.15) is 0 Å². The Bertz CT molecular complexity index is 649. The Balaban J connectivity index is 2.01. The minimum Gasteiger partial charge on any atom is -0.200 e. The van der Waals surface area contributed by atoms with Crippen molar-refractivity contribution in [2.24, 2.45) is 0 Å². The SMILES string of the molecule is CC(C)NS(=O)(=O)NCc1ccc(-c2ccccc2)s1. The van der Waals surface area contributed by atoms with Crippen molar-refractivity contribution in [3.63, 3.8) is 0 Å². The van der Waals surface area contributed by atoms with Crippen LogP contribution < -0.4 is 9.44 Å². The molecular weight excluding hydrogens is 292 g/mol. The van der Waals surface area contributed by atoms with Gasteiger partial charge in [0.25, 0.3) is 10.2 Å². The Kier molecular flexibility index (Phi) is 4.93. The molecule has 0 aliphatic rings. The number of thiophene rings is 1. The first kappa shape index (κ1) is 15.2. The van der Waals surface area contributed by atoms with Crippen molar-refractivity contribution in [1.82, 2.24) is 9.44 Å². The molecule has 0 amide bonds. The van der Waals surface area contributed by atoms with Crippen LogP contribution in [-0.4, -0.2) is 14.5 Å². The van der Waals surface area contributed by atoms with E-state index in [-0.39, 0.29) is 6.04 Å². The molecule has 108 valence electrons. The molecule has 1 aromatic heterocycles. The van der Waals surface area contributed by atoms with Crippen LogP contribution >= 0.6 is 11.3 Å². The van der Waals surface area contributed by atoms with E-state index in [0.29, 0.717) is 6.54 Å². The molecule has 0 radical (unpaired) electrons. The summed E-state index contributed by atoms with van der Waals surface area (Å²) >= 11 is 1.59. The van der Waals surface area contributed by atoms with Crippen molar-refractivity contribution in [1.29, 1.82) is 0 Å². The van der Waals surface area contributed by atoms with Gasteiger partial charge in [0, 0.05) is 22.3 Å². The summed E-state index contributed by atoms with van der Waals surface area (Å²) in [6, 6.07) is 13.9. The summed E-state index contributed by atoms with van der Waals surface area (Å²) in [5, 5.41) is 0. The highest BCUT2D eigenvalue weighted by molar-refractivity contribution is 7.87. The topological polar surface area (TPSA) is 58.2 Å². The maximum Gasteiger partial charge on any atom is 0.277 e. The zero-order valence-corrected chi connectivity index (χ0v) is 13.1. The van der Waals surface area contributed by atoms with Gasteiger partial charge < -0.3 is 0 Å². The quantitative estimate of drug-likeness (QED) is 0.862. The molecule has 0 bridgehead atoms. The fraction of sp³-hybridized carbons (Fsp3) is 0.286. The Morgan fingerprint density at radius 3 is 2.45 bits per heavy atom. The molecule has 0 atom stereocenters. The van der Waals surface area contributed by atoms with Crippen molar-refractivity contribution >= 4 is 21.5 Å². The Hall–Kier alpha value is -1.21. The molecule has 2 rings (SSSR count). The largest absolute Gasteiger partial charge is 0.277 e. The average Bonchev–Trinajstić information content (AvgIpc) is 2.85. The molecular formula is C14H18N2O2S2. The van der Waals surface area contributed by atoms with Gasteiger partial charge in [-0.3, -0.25) is 0 Å². The lowest BCUT2D eigenvalue weighted by Crippen LogP contribution is -2.39. The number of nitrogens with one attached hydrogen (secondary N) is 2. The van der Waals surface area contributed by atoms with E-state index in [1.54, 1.807) is 25.2 Å². The molecule has 0 fully saturated rings. The first-order chi connectivity index (χ1) is 9.46. The number of rotatable bonds is 6. The highest BCUT2D eigenvalue weighted by Crippen LogP contribution is 2.27. The molecule has 0 saturated heterocycles. The minimum atomic E-state index is -3.43. The molecule has 0 spiro atoms. The van der Waals surface area contributed by atoms with Gasteiger partial charge in [0.2, 0.25) is 0 Å². The first-order valence-corrected chi connectivity index (χ1v) is 8.67. The predicted octanol–water partition coefficient (Wildman–Crippen LogP) is 2.75. The third-order valence-corrected chi connectivity index (χ3v) is 4.99. The average molecular weight is 310 g/mol. The molecule has 0 unspecified atom stereocenters. The number of hydrogen-bond donors (Lipinski definition) is 2. The molecule has 2 aromatic rings. The molecule has 0 saturated carbocycles. The second-order valence-electron chi connectivity index (χ2n) is 4.73. The maximum absolute atomic E-state index is 11.7. The van der Waals surface area contributed by atoms with Gasteiger partial charge in [0.05, 0.1) is 0 Å². The van der Waals surface area contributed by atoms with E-state index >= 15 is 0 Å². The summed E-state index contributed by atoms with van der Waals surface area (Å²) in [5.74, 6) is 0. The Morgan fingerprint density at radius 1 is 1.10 bits per heavy atom. The van der Waals surface area contributed by atoms with Crippen LogP contribution in [0.25, 0.3) is 10.4 Å². The highest BCUT2D eigenvalue weighted by Gasteiger charge is 2.11. The van der Waals surface area contributed by atoms with E-state index in [1.165, 1.54) is 0 Å². The maximum atomic E-state index is 11.7. The van der Waals surface area contributed by atoms with Gasteiger partial charge >= 0.3 is 0 Å². The second kappa shape index (κ2) is 6.49. The van der Waals surface area contributed by atoms with Crippen LogP contribution in [0.5, 0.6) is 0 Å². The molecule has 0 aliphatic heterocycles. The molecule has 4 nitrogen and oxygen atoms in total. The van der Waals surface area contributed by atoms with Crippen molar-refractivity contribution < 1.29 is 8.42 Å². The normalized spacial score (nSPS) is 11.9. The van der Waals surface area contributed by atoms with Gasteiger partial charge in [-0.25, -0.2) is 0 Å². The number of benzene rings is 1.